The molecule has 0 saturated carbocycles. The molecular formula is C61H43N3. The molecular weight excluding hydrogens is 775 g/mol. The molecule has 0 radical (unpaired) electrons. The largest absolute Gasteiger partial charge is 0.208 e. The van der Waals surface area contributed by atoms with Crippen molar-refractivity contribution in [3.05, 3.63) is 258 Å². The summed E-state index contributed by atoms with van der Waals surface area (Å²) in [5.41, 5.74) is 19.7. The maximum absolute atomic E-state index is 5.22. The molecule has 2 aliphatic carbocycles. The summed E-state index contributed by atoms with van der Waals surface area (Å²) in [5.74, 6) is 1.89. The fourth-order valence-electron chi connectivity index (χ4n) is 10.6. The quantitative estimate of drug-likeness (QED) is 0.168. The van der Waals surface area contributed by atoms with Crippen molar-refractivity contribution < 1.29 is 0 Å². The summed E-state index contributed by atoms with van der Waals surface area (Å²) in [5, 5.41) is 0. The number of fused-ring (bicyclic) bond motifs is 9. The molecule has 12 rings (SSSR count). The van der Waals surface area contributed by atoms with Crippen LogP contribution in [0.4, 0.5) is 0 Å². The molecule has 3 heteroatoms. The van der Waals surface area contributed by atoms with E-state index < -0.39 is 5.41 Å². The Labute approximate surface area is 374 Å². The second kappa shape index (κ2) is 14.8. The standard InChI is InChI=1S/C61H43N3/c1-60(2)51-26-11-13-28-53(51)61(54-29-14-12-27-52(54)60)50-25-10-9-23-49(50)56-48(24-16-30-55(56)61)46-21-15-22-47(39-46)59-63-57(44-35-31-42(32-36-44)40-17-5-3-6-18-40)62-58(64-59)45-37-33-43(34-38-45)41-19-7-4-8-20-41/h3-39H,1-2H3. The summed E-state index contributed by atoms with van der Waals surface area (Å²) >= 11 is 0. The number of hydrogen-bond acceptors (Lipinski definition) is 3. The van der Waals surface area contributed by atoms with E-state index in [1.165, 1.54) is 61.2 Å². The smallest absolute Gasteiger partial charge is 0.164 e. The van der Waals surface area contributed by atoms with Crippen LogP contribution in [0.25, 0.3) is 78.7 Å². The molecule has 9 aromatic carbocycles. The minimum absolute atomic E-state index is 0.155. The molecule has 1 heterocycles. The van der Waals surface area contributed by atoms with Crippen molar-refractivity contribution in [3.63, 3.8) is 0 Å². The molecule has 64 heavy (non-hydrogen) atoms. The summed E-state index contributed by atoms with van der Waals surface area (Å²) in [7, 11) is 0. The fourth-order valence-corrected chi connectivity index (χ4v) is 10.6. The molecule has 0 saturated heterocycles. The highest BCUT2D eigenvalue weighted by Crippen LogP contribution is 2.63. The Morgan fingerprint density at radius 3 is 1.17 bits per heavy atom. The average Bonchev–Trinajstić information content (AvgIpc) is 3.67. The van der Waals surface area contributed by atoms with E-state index in [0.29, 0.717) is 17.5 Å². The zero-order valence-electron chi connectivity index (χ0n) is 35.7. The molecule has 1 aromatic heterocycles. The number of nitrogens with zero attached hydrogens (tertiary/aromatic N) is 3. The summed E-state index contributed by atoms with van der Waals surface area (Å²) in [6.07, 6.45) is 0. The van der Waals surface area contributed by atoms with Gasteiger partial charge in [0.15, 0.2) is 17.5 Å². The van der Waals surface area contributed by atoms with Gasteiger partial charge < -0.3 is 0 Å². The van der Waals surface area contributed by atoms with Crippen molar-refractivity contribution in [2.24, 2.45) is 0 Å². The van der Waals surface area contributed by atoms with Gasteiger partial charge in [0, 0.05) is 22.1 Å². The van der Waals surface area contributed by atoms with Crippen LogP contribution < -0.4 is 0 Å². The van der Waals surface area contributed by atoms with Gasteiger partial charge in [-0.05, 0) is 84.0 Å². The topological polar surface area (TPSA) is 38.7 Å². The summed E-state index contributed by atoms with van der Waals surface area (Å²) in [4.78, 5) is 15.6. The van der Waals surface area contributed by atoms with Gasteiger partial charge >= 0.3 is 0 Å². The molecule has 1 spiro atoms. The summed E-state index contributed by atoms with van der Waals surface area (Å²) < 4.78 is 0. The zero-order valence-corrected chi connectivity index (χ0v) is 35.7. The van der Waals surface area contributed by atoms with Crippen LogP contribution in [0.1, 0.15) is 47.2 Å². The first-order chi connectivity index (χ1) is 31.5. The van der Waals surface area contributed by atoms with Crippen LogP contribution in [0.3, 0.4) is 0 Å². The van der Waals surface area contributed by atoms with Crippen molar-refractivity contribution in [2.75, 3.05) is 0 Å². The molecule has 0 aliphatic heterocycles. The lowest BCUT2D eigenvalue weighted by Crippen LogP contribution is -2.40. The van der Waals surface area contributed by atoms with E-state index in [2.05, 4.69) is 226 Å². The lowest BCUT2D eigenvalue weighted by atomic mass is 9.55. The predicted molar refractivity (Wildman–Crippen MR) is 262 cm³/mol. The number of rotatable bonds is 6. The van der Waals surface area contributed by atoms with E-state index in [4.69, 9.17) is 15.0 Å². The normalized spacial score (nSPS) is 13.7. The third kappa shape index (κ3) is 5.85. The van der Waals surface area contributed by atoms with Gasteiger partial charge in [0.25, 0.3) is 0 Å². The van der Waals surface area contributed by atoms with E-state index in [1.54, 1.807) is 0 Å². The molecule has 2 aliphatic rings. The SMILES string of the molecule is CC1(C)c2ccccc2C2(c3ccccc3-c3c(-c4cccc(-c5nc(-c6ccc(-c7ccccc7)cc6)nc(-c6ccc(-c7ccccc7)cc6)n5)c4)cccc32)c2ccccc21. The van der Waals surface area contributed by atoms with E-state index in [0.717, 1.165) is 33.4 Å². The molecule has 0 atom stereocenters. The second-order valence-electron chi connectivity index (χ2n) is 17.5. The van der Waals surface area contributed by atoms with Gasteiger partial charge in [0.1, 0.15) is 0 Å². The van der Waals surface area contributed by atoms with Crippen molar-refractivity contribution in [2.45, 2.75) is 24.7 Å². The highest BCUT2D eigenvalue weighted by atomic mass is 15.0. The Balaban J connectivity index is 1.02. The first kappa shape index (κ1) is 37.7. The summed E-state index contributed by atoms with van der Waals surface area (Å²) in [6.45, 7) is 4.75. The van der Waals surface area contributed by atoms with Crippen LogP contribution in [0.15, 0.2) is 224 Å². The van der Waals surface area contributed by atoms with Gasteiger partial charge in [0.05, 0.1) is 5.41 Å². The minimum Gasteiger partial charge on any atom is -0.208 e. The van der Waals surface area contributed by atoms with Crippen molar-refractivity contribution in [3.8, 4) is 78.7 Å². The monoisotopic (exact) mass is 817 g/mol. The Bertz CT molecular complexity index is 3240. The maximum Gasteiger partial charge on any atom is 0.164 e. The predicted octanol–water partition coefficient (Wildman–Crippen LogP) is 14.9. The Morgan fingerprint density at radius 2 is 0.625 bits per heavy atom. The molecule has 10 aromatic rings. The Morgan fingerprint density at radius 1 is 0.266 bits per heavy atom. The minimum atomic E-state index is -0.466. The van der Waals surface area contributed by atoms with Gasteiger partial charge in [-0.2, -0.15) is 0 Å². The molecule has 302 valence electrons. The van der Waals surface area contributed by atoms with Crippen LogP contribution in [-0.2, 0) is 10.8 Å². The second-order valence-corrected chi connectivity index (χ2v) is 17.5. The molecule has 0 bridgehead atoms. The Hall–Kier alpha value is -8.01. The van der Waals surface area contributed by atoms with Gasteiger partial charge in [-0.25, -0.2) is 15.0 Å². The molecule has 0 N–H and O–H groups in total. The molecule has 0 fully saturated rings. The third-order valence-electron chi connectivity index (χ3n) is 13.6. The average molecular weight is 818 g/mol. The van der Waals surface area contributed by atoms with Crippen molar-refractivity contribution in [1.29, 1.82) is 0 Å². The van der Waals surface area contributed by atoms with Gasteiger partial charge in [-0.3, -0.25) is 0 Å². The molecule has 0 unspecified atom stereocenters. The van der Waals surface area contributed by atoms with E-state index in [1.807, 2.05) is 12.1 Å². The van der Waals surface area contributed by atoms with E-state index in [9.17, 15) is 0 Å². The fraction of sp³-hybridized carbons (Fsp3) is 0.0656. The highest BCUT2D eigenvalue weighted by molar-refractivity contribution is 5.97. The van der Waals surface area contributed by atoms with Crippen LogP contribution in [0.5, 0.6) is 0 Å². The van der Waals surface area contributed by atoms with E-state index in [-0.39, 0.29) is 5.41 Å². The Kier molecular flexibility index (Phi) is 8.74. The number of aromatic nitrogens is 3. The maximum atomic E-state index is 5.22. The van der Waals surface area contributed by atoms with Crippen molar-refractivity contribution >= 4 is 0 Å². The first-order valence-electron chi connectivity index (χ1n) is 22.1. The van der Waals surface area contributed by atoms with Crippen LogP contribution >= 0.6 is 0 Å². The zero-order chi connectivity index (χ0) is 42.8. The lowest BCUT2D eigenvalue weighted by molar-refractivity contribution is 0.563. The number of hydrogen-bond donors (Lipinski definition) is 0. The first-order valence-corrected chi connectivity index (χ1v) is 22.1. The molecule has 0 amide bonds. The number of benzene rings is 9. The third-order valence-corrected chi connectivity index (χ3v) is 13.6. The van der Waals surface area contributed by atoms with Gasteiger partial charge in [0.2, 0.25) is 0 Å². The van der Waals surface area contributed by atoms with Crippen LogP contribution in [0, 0.1) is 0 Å². The lowest BCUT2D eigenvalue weighted by Gasteiger charge is -2.46. The van der Waals surface area contributed by atoms with Crippen LogP contribution in [0.2, 0.25) is 0 Å². The van der Waals surface area contributed by atoms with E-state index >= 15 is 0 Å². The van der Waals surface area contributed by atoms with Gasteiger partial charge in [-0.15, -0.1) is 0 Å². The van der Waals surface area contributed by atoms with Gasteiger partial charge in [-0.1, -0.05) is 232 Å². The van der Waals surface area contributed by atoms with Crippen LogP contribution in [-0.4, -0.2) is 15.0 Å². The summed E-state index contributed by atoms with van der Waals surface area (Å²) in [6, 6.07) is 80.9. The molecule has 3 nitrogen and oxygen atoms in total. The van der Waals surface area contributed by atoms with Crippen molar-refractivity contribution in [1.82, 2.24) is 15.0 Å². The highest BCUT2D eigenvalue weighted by Gasteiger charge is 2.53.